The first-order valence-corrected chi connectivity index (χ1v) is 8.02. The van der Waals surface area contributed by atoms with E-state index in [0.717, 1.165) is 11.1 Å². The fourth-order valence-corrected chi connectivity index (χ4v) is 2.23. The Balaban J connectivity index is 1.76. The molecular formula is C18H19N3O3S. The first-order valence-electron chi connectivity index (χ1n) is 7.61. The molecule has 0 aliphatic heterocycles. The summed E-state index contributed by atoms with van der Waals surface area (Å²) < 4.78 is 5.42. The van der Waals surface area contributed by atoms with Crippen LogP contribution < -0.4 is 20.9 Å². The molecule has 2 aromatic carbocycles. The van der Waals surface area contributed by atoms with Crippen molar-refractivity contribution < 1.29 is 14.3 Å². The highest BCUT2D eigenvalue weighted by molar-refractivity contribution is 7.80. The van der Waals surface area contributed by atoms with Gasteiger partial charge in [-0.25, -0.2) is 0 Å². The van der Waals surface area contributed by atoms with Crippen LogP contribution in [0.25, 0.3) is 0 Å². The maximum absolute atomic E-state index is 12.0. The first kappa shape index (κ1) is 18.4. The van der Waals surface area contributed by atoms with E-state index in [1.807, 2.05) is 44.2 Å². The highest BCUT2D eigenvalue weighted by Gasteiger charge is 2.10. The van der Waals surface area contributed by atoms with Crippen molar-refractivity contribution in [2.45, 2.75) is 13.8 Å². The molecule has 7 heteroatoms. The van der Waals surface area contributed by atoms with Gasteiger partial charge in [0, 0.05) is 5.56 Å². The summed E-state index contributed by atoms with van der Waals surface area (Å²) in [6, 6.07) is 14.5. The van der Waals surface area contributed by atoms with Gasteiger partial charge in [0.05, 0.1) is 0 Å². The lowest BCUT2D eigenvalue weighted by Gasteiger charge is -2.12. The summed E-state index contributed by atoms with van der Waals surface area (Å²) in [5.74, 6) is -0.138. The van der Waals surface area contributed by atoms with Gasteiger partial charge in [0.15, 0.2) is 11.7 Å². The predicted molar refractivity (Wildman–Crippen MR) is 99.2 cm³/mol. The van der Waals surface area contributed by atoms with Crippen molar-refractivity contribution in [3.05, 3.63) is 65.2 Å². The van der Waals surface area contributed by atoms with Crippen molar-refractivity contribution >= 4 is 29.1 Å². The smallest absolute Gasteiger partial charge is 0.269 e. The molecule has 6 nitrogen and oxygen atoms in total. The lowest BCUT2D eigenvalue weighted by Crippen LogP contribution is -2.49. The van der Waals surface area contributed by atoms with Crippen molar-refractivity contribution in [2.24, 2.45) is 0 Å². The third-order valence-electron chi connectivity index (χ3n) is 3.38. The molecule has 3 N–H and O–H groups in total. The molecule has 130 valence electrons. The third kappa shape index (κ3) is 5.58. The van der Waals surface area contributed by atoms with Gasteiger partial charge in [-0.05, 0) is 49.3 Å². The van der Waals surface area contributed by atoms with Crippen LogP contribution in [0.4, 0.5) is 0 Å². The molecular weight excluding hydrogens is 338 g/mol. The minimum absolute atomic E-state index is 0.0136. The van der Waals surface area contributed by atoms with Crippen molar-refractivity contribution in [3.8, 4) is 5.75 Å². The van der Waals surface area contributed by atoms with E-state index >= 15 is 0 Å². The highest BCUT2D eigenvalue weighted by Crippen LogP contribution is 2.15. The molecule has 0 saturated carbocycles. The number of nitrogens with one attached hydrogen (secondary N) is 3. The van der Waals surface area contributed by atoms with Crippen LogP contribution in [-0.4, -0.2) is 23.5 Å². The van der Waals surface area contributed by atoms with E-state index in [9.17, 15) is 9.59 Å². The molecule has 0 saturated heterocycles. The Morgan fingerprint density at radius 2 is 1.60 bits per heavy atom. The number of para-hydroxylation sites is 1. The third-order valence-corrected chi connectivity index (χ3v) is 3.59. The number of hydrogen-bond donors (Lipinski definition) is 3. The monoisotopic (exact) mass is 357 g/mol. The van der Waals surface area contributed by atoms with Crippen molar-refractivity contribution in [3.63, 3.8) is 0 Å². The standard InChI is InChI=1S/C18H19N3O3S/c1-12-7-3-5-9-14(12)17(23)20-21-18(25)19-16(22)11-24-15-10-6-4-8-13(15)2/h3-10H,11H2,1-2H3,(H,20,23)(H2,19,21,22,25). The second kappa shape index (κ2) is 8.79. The van der Waals surface area contributed by atoms with Crippen LogP contribution in [0.1, 0.15) is 21.5 Å². The van der Waals surface area contributed by atoms with Gasteiger partial charge in [-0.15, -0.1) is 0 Å². The maximum atomic E-state index is 12.0. The molecule has 0 heterocycles. The van der Waals surface area contributed by atoms with Crippen molar-refractivity contribution in [1.82, 2.24) is 16.2 Å². The SMILES string of the molecule is Cc1ccccc1OCC(=O)NC(=S)NNC(=O)c1ccccc1C. The molecule has 0 atom stereocenters. The van der Waals surface area contributed by atoms with Crippen LogP contribution in [0.3, 0.4) is 0 Å². The summed E-state index contributed by atoms with van der Waals surface area (Å²) in [6.07, 6.45) is 0. The zero-order valence-corrected chi connectivity index (χ0v) is 14.8. The zero-order valence-electron chi connectivity index (χ0n) is 14.0. The quantitative estimate of drug-likeness (QED) is 0.576. The molecule has 0 bridgehead atoms. The summed E-state index contributed by atoms with van der Waals surface area (Å²) in [4.78, 5) is 23.9. The number of hydrazine groups is 1. The first-order chi connectivity index (χ1) is 12.0. The summed E-state index contributed by atoms with van der Waals surface area (Å²) in [5.41, 5.74) is 7.22. The average Bonchev–Trinajstić information content (AvgIpc) is 2.59. The number of carbonyl (C=O) groups is 2. The zero-order chi connectivity index (χ0) is 18.2. The van der Waals surface area contributed by atoms with Crippen LogP contribution >= 0.6 is 12.2 Å². The lowest BCUT2D eigenvalue weighted by atomic mass is 10.1. The molecule has 2 amide bonds. The molecule has 0 aliphatic rings. The molecule has 0 aromatic heterocycles. The van der Waals surface area contributed by atoms with Crippen LogP contribution in [-0.2, 0) is 4.79 Å². The van der Waals surface area contributed by atoms with E-state index in [1.165, 1.54) is 0 Å². The molecule has 0 aliphatic carbocycles. The summed E-state index contributed by atoms with van der Waals surface area (Å²) in [5, 5.41) is 2.42. The Morgan fingerprint density at radius 1 is 0.960 bits per heavy atom. The summed E-state index contributed by atoms with van der Waals surface area (Å²) in [7, 11) is 0. The van der Waals surface area contributed by atoms with E-state index in [2.05, 4.69) is 16.2 Å². The Morgan fingerprint density at radius 3 is 2.28 bits per heavy atom. The average molecular weight is 357 g/mol. The van der Waals surface area contributed by atoms with E-state index in [-0.39, 0.29) is 17.6 Å². The van der Waals surface area contributed by atoms with Crippen LogP contribution in [0.2, 0.25) is 0 Å². The molecule has 0 unspecified atom stereocenters. The second-order valence-electron chi connectivity index (χ2n) is 5.33. The van der Waals surface area contributed by atoms with Gasteiger partial charge in [0.2, 0.25) is 0 Å². The molecule has 2 rings (SSSR count). The van der Waals surface area contributed by atoms with Crippen molar-refractivity contribution in [1.29, 1.82) is 0 Å². The van der Waals surface area contributed by atoms with E-state index in [0.29, 0.717) is 11.3 Å². The number of rotatable bonds is 4. The summed E-state index contributed by atoms with van der Waals surface area (Å²) in [6.45, 7) is 3.54. The molecule has 0 fully saturated rings. The Kier molecular flexibility index (Phi) is 6.47. The van der Waals surface area contributed by atoms with Gasteiger partial charge in [0.25, 0.3) is 11.8 Å². The van der Waals surface area contributed by atoms with Gasteiger partial charge in [0.1, 0.15) is 5.75 Å². The number of hydrogen-bond acceptors (Lipinski definition) is 4. The summed E-state index contributed by atoms with van der Waals surface area (Å²) >= 11 is 4.97. The maximum Gasteiger partial charge on any atom is 0.269 e. The van der Waals surface area contributed by atoms with Gasteiger partial charge in [-0.1, -0.05) is 36.4 Å². The Bertz CT molecular complexity index is 793. The van der Waals surface area contributed by atoms with Crippen LogP contribution in [0.5, 0.6) is 5.75 Å². The molecule has 2 aromatic rings. The molecule has 25 heavy (non-hydrogen) atoms. The van der Waals surface area contributed by atoms with Gasteiger partial charge >= 0.3 is 0 Å². The lowest BCUT2D eigenvalue weighted by molar-refractivity contribution is -0.121. The number of benzene rings is 2. The van der Waals surface area contributed by atoms with E-state index in [1.54, 1.807) is 18.2 Å². The van der Waals surface area contributed by atoms with Gasteiger partial charge in [-0.2, -0.15) is 0 Å². The second-order valence-corrected chi connectivity index (χ2v) is 5.73. The van der Waals surface area contributed by atoms with E-state index in [4.69, 9.17) is 17.0 Å². The van der Waals surface area contributed by atoms with E-state index < -0.39 is 5.91 Å². The number of thiocarbonyl (C=S) groups is 1. The molecule has 0 radical (unpaired) electrons. The number of amides is 2. The Labute approximate surface area is 151 Å². The highest BCUT2D eigenvalue weighted by atomic mass is 32.1. The Hall–Kier alpha value is -2.93. The number of aryl methyl sites for hydroxylation is 2. The van der Waals surface area contributed by atoms with Gasteiger partial charge < -0.3 is 4.74 Å². The normalized spacial score (nSPS) is 9.84. The minimum Gasteiger partial charge on any atom is -0.483 e. The molecule has 0 spiro atoms. The van der Waals surface area contributed by atoms with Crippen LogP contribution in [0.15, 0.2) is 48.5 Å². The van der Waals surface area contributed by atoms with Gasteiger partial charge in [-0.3, -0.25) is 25.8 Å². The fourth-order valence-electron chi connectivity index (χ4n) is 2.06. The number of carbonyl (C=O) groups excluding carboxylic acids is 2. The van der Waals surface area contributed by atoms with Crippen LogP contribution in [0, 0.1) is 13.8 Å². The van der Waals surface area contributed by atoms with Crippen molar-refractivity contribution in [2.75, 3.05) is 6.61 Å². The minimum atomic E-state index is -0.425. The number of ether oxygens (including phenoxy) is 1. The topological polar surface area (TPSA) is 79.5 Å². The largest absolute Gasteiger partial charge is 0.483 e. The fraction of sp³-hybridized carbons (Fsp3) is 0.167. The predicted octanol–water partition coefficient (Wildman–Crippen LogP) is 2.02.